The molecular weight excluding hydrogens is 168 g/mol. The van der Waals surface area contributed by atoms with Crippen LogP contribution in [-0.4, -0.2) is 57.4 Å². The van der Waals surface area contributed by atoms with E-state index in [4.69, 9.17) is 9.84 Å². The van der Waals surface area contributed by atoms with Gasteiger partial charge in [-0.25, -0.2) is 0 Å². The number of epoxide rings is 1. The highest BCUT2D eigenvalue weighted by Crippen LogP contribution is 2.43. The summed E-state index contributed by atoms with van der Waals surface area (Å²) in [6.07, 6.45) is -4.32. The maximum absolute atomic E-state index is 9.23. The predicted octanol–water partition coefficient (Wildman–Crippen LogP) is -2.86. The standard InChI is InChI=1S/C6H10O6/c7-1-2-3(8)4(9)5-6(10,11-2)12-5/h2-5,7-10H,1H2/t2?,3?,4?,5-,6?/m0/s1. The summed E-state index contributed by atoms with van der Waals surface area (Å²) in [5.41, 5.74) is 0. The van der Waals surface area contributed by atoms with Gasteiger partial charge < -0.3 is 29.9 Å². The van der Waals surface area contributed by atoms with Crippen LogP contribution in [-0.2, 0) is 9.47 Å². The fraction of sp³-hybridized carbons (Fsp3) is 1.00. The van der Waals surface area contributed by atoms with E-state index in [1.165, 1.54) is 0 Å². The minimum atomic E-state index is -1.80. The molecule has 2 saturated heterocycles. The molecule has 2 rings (SSSR count). The van der Waals surface area contributed by atoms with Crippen molar-refractivity contribution in [2.75, 3.05) is 6.61 Å². The lowest BCUT2D eigenvalue weighted by Gasteiger charge is -2.29. The van der Waals surface area contributed by atoms with Crippen molar-refractivity contribution >= 4 is 0 Å². The highest BCUT2D eigenvalue weighted by molar-refractivity contribution is 5.01. The van der Waals surface area contributed by atoms with Crippen molar-refractivity contribution in [3.63, 3.8) is 0 Å². The molecule has 0 saturated carbocycles. The van der Waals surface area contributed by atoms with Crippen molar-refractivity contribution in [2.24, 2.45) is 0 Å². The molecule has 2 fully saturated rings. The van der Waals surface area contributed by atoms with Crippen LogP contribution in [0.4, 0.5) is 0 Å². The van der Waals surface area contributed by atoms with E-state index in [-0.39, 0.29) is 0 Å². The number of ether oxygens (including phenoxy) is 2. The molecule has 5 atom stereocenters. The molecule has 6 nitrogen and oxygen atoms in total. The second kappa shape index (κ2) is 2.38. The summed E-state index contributed by atoms with van der Waals surface area (Å²) >= 11 is 0. The van der Waals surface area contributed by atoms with Crippen LogP contribution in [0.1, 0.15) is 0 Å². The van der Waals surface area contributed by atoms with Gasteiger partial charge in [-0.3, -0.25) is 0 Å². The fourth-order valence-electron chi connectivity index (χ4n) is 1.36. The molecule has 0 radical (unpaired) electrons. The minimum absolute atomic E-state index is 0.476. The molecule has 12 heavy (non-hydrogen) atoms. The lowest BCUT2D eigenvalue weighted by Crippen LogP contribution is -2.52. The normalized spacial score (nSPS) is 58.0. The molecule has 2 aliphatic rings. The largest absolute Gasteiger partial charge is 0.394 e. The zero-order valence-electron chi connectivity index (χ0n) is 6.12. The smallest absolute Gasteiger partial charge is 0.312 e. The van der Waals surface area contributed by atoms with Gasteiger partial charge in [-0.2, -0.15) is 0 Å². The zero-order valence-corrected chi connectivity index (χ0v) is 6.12. The molecule has 2 aliphatic heterocycles. The molecule has 0 aromatic carbocycles. The van der Waals surface area contributed by atoms with Crippen LogP contribution in [0.25, 0.3) is 0 Å². The van der Waals surface area contributed by atoms with Crippen LogP contribution in [0.3, 0.4) is 0 Å². The van der Waals surface area contributed by atoms with Gasteiger partial charge in [0.05, 0.1) is 6.61 Å². The number of rotatable bonds is 1. The van der Waals surface area contributed by atoms with Gasteiger partial charge in [-0.15, -0.1) is 0 Å². The van der Waals surface area contributed by atoms with Gasteiger partial charge in [0.1, 0.15) is 18.3 Å². The Bertz CT molecular complexity index is 194. The summed E-state index contributed by atoms with van der Waals surface area (Å²) in [6.45, 7) is -0.476. The third-order valence-electron chi connectivity index (χ3n) is 2.14. The molecule has 0 amide bonds. The summed E-state index contributed by atoms with van der Waals surface area (Å²) < 4.78 is 9.35. The van der Waals surface area contributed by atoms with Crippen LogP contribution in [0.15, 0.2) is 0 Å². The van der Waals surface area contributed by atoms with E-state index in [1.54, 1.807) is 0 Å². The van der Waals surface area contributed by atoms with Gasteiger partial charge in [0, 0.05) is 0 Å². The summed E-state index contributed by atoms with van der Waals surface area (Å²) in [6, 6.07) is 0. The number of aliphatic hydroxyl groups is 4. The first-order valence-corrected chi connectivity index (χ1v) is 3.63. The van der Waals surface area contributed by atoms with E-state index >= 15 is 0 Å². The second-order valence-corrected chi connectivity index (χ2v) is 2.99. The average molecular weight is 178 g/mol. The molecule has 6 heteroatoms. The Morgan fingerprint density at radius 2 is 1.83 bits per heavy atom. The number of aliphatic hydroxyl groups excluding tert-OH is 3. The molecule has 70 valence electrons. The molecule has 2 heterocycles. The Labute approximate surface area is 68.0 Å². The molecule has 0 aliphatic carbocycles. The van der Waals surface area contributed by atoms with Crippen molar-refractivity contribution < 1.29 is 29.9 Å². The van der Waals surface area contributed by atoms with Crippen LogP contribution < -0.4 is 0 Å². The Kier molecular flexibility index (Phi) is 1.66. The van der Waals surface area contributed by atoms with Crippen molar-refractivity contribution in [2.45, 2.75) is 30.4 Å². The number of hydrogen-bond donors (Lipinski definition) is 4. The molecule has 0 aromatic rings. The Hall–Kier alpha value is -0.240. The van der Waals surface area contributed by atoms with Gasteiger partial charge in [0.25, 0.3) is 0 Å². The molecule has 4 unspecified atom stereocenters. The van der Waals surface area contributed by atoms with E-state index in [0.717, 1.165) is 0 Å². The van der Waals surface area contributed by atoms with Crippen LogP contribution in [0, 0.1) is 0 Å². The van der Waals surface area contributed by atoms with Crippen LogP contribution in [0.2, 0.25) is 0 Å². The first-order chi connectivity index (χ1) is 5.58. The Balaban J connectivity index is 2.11. The SMILES string of the molecule is OCC1OC2(O)O[C@H]2C(O)C1O. The molecular formula is C6H10O6. The van der Waals surface area contributed by atoms with Crippen molar-refractivity contribution in [1.29, 1.82) is 0 Å². The maximum Gasteiger partial charge on any atom is 0.312 e. The predicted molar refractivity (Wildman–Crippen MR) is 33.8 cm³/mol. The minimum Gasteiger partial charge on any atom is -0.394 e. The third kappa shape index (κ3) is 0.972. The zero-order chi connectivity index (χ0) is 8.93. The molecule has 0 spiro atoms. The van der Waals surface area contributed by atoms with Crippen LogP contribution >= 0.6 is 0 Å². The van der Waals surface area contributed by atoms with Gasteiger partial charge in [-0.05, 0) is 0 Å². The van der Waals surface area contributed by atoms with Gasteiger partial charge in [0.15, 0.2) is 6.10 Å². The molecule has 0 aromatic heterocycles. The van der Waals surface area contributed by atoms with Crippen molar-refractivity contribution in [1.82, 2.24) is 0 Å². The summed E-state index contributed by atoms with van der Waals surface area (Å²) in [7, 11) is 0. The summed E-state index contributed by atoms with van der Waals surface area (Å²) in [5, 5.41) is 36.3. The van der Waals surface area contributed by atoms with Crippen LogP contribution in [0.5, 0.6) is 0 Å². The lowest BCUT2D eigenvalue weighted by molar-refractivity contribution is -0.266. The van der Waals surface area contributed by atoms with E-state index in [1.807, 2.05) is 0 Å². The fourth-order valence-corrected chi connectivity index (χ4v) is 1.36. The monoisotopic (exact) mass is 178 g/mol. The van der Waals surface area contributed by atoms with Gasteiger partial charge in [0.2, 0.25) is 0 Å². The Morgan fingerprint density at radius 1 is 1.17 bits per heavy atom. The van der Waals surface area contributed by atoms with E-state index in [2.05, 4.69) is 4.74 Å². The van der Waals surface area contributed by atoms with E-state index < -0.39 is 37.0 Å². The highest BCUT2D eigenvalue weighted by Gasteiger charge is 2.68. The quantitative estimate of drug-likeness (QED) is 0.322. The topological polar surface area (TPSA) is 103 Å². The van der Waals surface area contributed by atoms with Gasteiger partial charge in [-0.1, -0.05) is 0 Å². The van der Waals surface area contributed by atoms with E-state index in [0.29, 0.717) is 0 Å². The van der Waals surface area contributed by atoms with E-state index in [9.17, 15) is 15.3 Å². The van der Waals surface area contributed by atoms with Gasteiger partial charge >= 0.3 is 5.97 Å². The summed E-state index contributed by atoms with van der Waals surface area (Å²) in [4.78, 5) is 0. The average Bonchev–Trinajstić information content (AvgIpc) is 2.71. The summed E-state index contributed by atoms with van der Waals surface area (Å²) in [5.74, 6) is -1.80. The number of hydrogen-bond acceptors (Lipinski definition) is 6. The maximum atomic E-state index is 9.23. The second-order valence-electron chi connectivity index (χ2n) is 2.99. The Morgan fingerprint density at radius 3 is 2.42 bits per heavy atom. The third-order valence-corrected chi connectivity index (χ3v) is 2.14. The molecule has 4 N–H and O–H groups in total. The number of fused-ring (bicyclic) bond motifs is 1. The molecule has 0 bridgehead atoms. The van der Waals surface area contributed by atoms with Crippen molar-refractivity contribution in [3.05, 3.63) is 0 Å². The lowest BCUT2D eigenvalue weighted by atomic mass is 10.0. The highest BCUT2D eigenvalue weighted by atomic mass is 16.9. The first kappa shape index (κ1) is 8.36. The van der Waals surface area contributed by atoms with Crippen molar-refractivity contribution in [3.8, 4) is 0 Å². The first-order valence-electron chi connectivity index (χ1n) is 3.63.